The molecule has 0 unspecified atom stereocenters. The lowest BCUT2D eigenvalue weighted by Gasteiger charge is -2.15. The van der Waals surface area contributed by atoms with Crippen LogP contribution in [0.4, 0.5) is 5.69 Å². The third-order valence-electron chi connectivity index (χ3n) is 4.43. The fourth-order valence-electron chi connectivity index (χ4n) is 2.99. The van der Waals surface area contributed by atoms with E-state index in [0.29, 0.717) is 12.2 Å². The van der Waals surface area contributed by atoms with E-state index in [4.69, 9.17) is 4.74 Å². The van der Waals surface area contributed by atoms with E-state index in [0.717, 1.165) is 24.8 Å². The second-order valence-electron chi connectivity index (χ2n) is 6.84. The molecule has 0 heterocycles. The summed E-state index contributed by atoms with van der Waals surface area (Å²) in [6.07, 6.45) is 7.08. The number of rotatable bonds is 8. The average Bonchev–Trinajstić information content (AvgIpc) is 2.63. The largest absolute Gasteiger partial charge is 0.452 e. The maximum Gasteiger partial charge on any atom is 0.311 e. The molecular formula is C21H28N2O4. The molecule has 0 aliphatic heterocycles. The van der Waals surface area contributed by atoms with Gasteiger partial charge in [-0.3, -0.25) is 14.4 Å². The van der Waals surface area contributed by atoms with Gasteiger partial charge in [0.1, 0.15) is 0 Å². The number of amides is 2. The molecule has 2 N–H and O–H groups in total. The number of carbonyl (C=O) groups is 3. The number of ether oxygens (including phenoxy) is 1. The van der Waals surface area contributed by atoms with Crippen molar-refractivity contribution in [2.45, 2.75) is 58.5 Å². The van der Waals surface area contributed by atoms with E-state index in [1.807, 2.05) is 0 Å². The van der Waals surface area contributed by atoms with Crippen molar-refractivity contribution < 1.29 is 19.1 Å². The summed E-state index contributed by atoms with van der Waals surface area (Å²) in [6, 6.07) is 6.94. The van der Waals surface area contributed by atoms with Gasteiger partial charge in [-0.25, -0.2) is 0 Å². The summed E-state index contributed by atoms with van der Waals surface area (Å²) in [5.74, 6) is -0.887. The van der Waals surface area contributed by atoms with Crippen molar-refractivity contribution in [2.24, 2.45) is 0 Å². The van der Waals surface area contributed by atoms with Crippen LogP contribution < -0.4 is 10.6 Å². The van der Waals surface area contributed by atoms with Crippen molar-refractivity contribution in [1.82, 2.24) is 5.32 Å². The fourth-order valence-corrected chi connectivity index (χ4v) is 2.99. The number of allylic oxidation sites excluding steroid dienone is 1. The molecule has 6 nitrogen and oxygen atoms in total. The Bertz CT molecular complexity index is 695. The van der Waals surface area contributed by atoms with E-state index in [2.05, 4.69) is 16.7 Å². The zero-order valence-corrected chi connectivity index (χ0v) is 16.0. The van der Waals surface area contributed by atoms with Crippen molar-refractivity contribution in [3.63, 3.8) is 0 Å². The Morgan fingerprint density at radius 3 is 2.52 bits per heavy atom. The van der Waals surface area contributed by atoms with E-state index in [9.17, 15) is 14.4 Å². The van der Waals surface area contributed by atoms with E-state index < -0.39 is 12.1 Å². The monoisotopic (exact) mass is 372 g/mol. The third kappa shape index (κ3) is 7.64. The molecule has 1 aromatic carbocycles. The molecule has 1 aliphatic carbocycles. The molecule has 0 spiro atoms. The van der Waals surface area contributed by atoms with Crippen LogP contribution in [0, 0.1) is 0 Å². The molecule has 1 atom stereocenters. The SMILES string of the molecule is CC(=O)Nc1ccc(CC(=O)O[C@H](C)C(=O)NCCC2=CCCCC2)cc1. The van der Waals surface area contributed by atoms with Crippen LogP contribution in [-0.2, 0) is 25.5 Å². The summed E-state index contributed by atoms with van der Waals surface area (Å²) in [5.41, 5.74) is 2.82. The minimum Gasteiger partial charge on any atom is -0.452 e. The highest BCUT2D eigenvalue weighted by atomic mass is 16.5. The summed E-state index contributed by atoms with van der Waals surface area (Å²) >= 11 is 0. The molecule has 2 rings (SSSR count). The first kappa shape index (κ1) is 20.7. The van der Waals surface area contributed by atoms with Gasteiger partial charge in [-0.15, -0.1) is 0 Å². The first-order chi connectivity index (χ1) is 12.9. The lowest BCUT2D eigenvalue weighted by Crippen LogP contribution is -2.36. The highest BCUT2D eigenvalue weighted by Gasteiger charge is 2.17. The van der Waals surface area contributed by atoms with Gasteiger partial charge < -0.3 is 15.4 Å². The first-order valence-corrected chi connectivity index (χ1v) is 9.45. The topological polar surface area (TPSA) is 84.5 Å². The Balaban J connectivity index is 1.71. The predicted octanol–water partition coefficient (Wildman–Crippen LogP) is 3.13. The molecule has 0 aromatic heterocycles. The van der Waals surface area contributed by atoms with Gasteiger partial charge in [0, 0.05) is 19.2 Å². The molecule has 0 radical (unpaired) electrons. The summed E-state index contributed by atoms with van der Waals surface area (Å²) in [5, 5.41) is 5.49. The van der Waals surface area contributed by atoms with Crippen molar-refractivity contribution in [3.05, 3.63) is 41.5 Å². The Labute approximate surface area is 160 Å². The predicted molar refractivity (Wildman–Crippen MR) is 104 cm³/mol. The van der Waals surface area contributed by atoms with Crippen LogP contribution in [0.3, 0.4) is 0 Å². The van der Waals surface area contributed by atoms with Gasteiger partial charge in [-0.2, -0.15) is 0 Å². The highest BCUT2D eigenvalue weighted by molar-refractivity contribution is 5.88. The zero-order chi connectivity index (χ0) is 19.6. The van der Waals surface area contributed by atoms with Gasteiger partial charge in [0.25, 0.3) is 5.91 Å². The molecule has 0 saturated heterocycles. The smallest absolute Gasteiger partial charge is 0.311 e. The number of nitrogens with one attached hydrogen (secondary N) is 2. The first-order valence-electron chi connectivity index (χ1n) is 9.45. The maximum absolute atomic E-state index is 12.1. The molecule has 0 fully saturated rings. The molecule has 1 aliphatic rings. The van der Waals surface area contributed by atoms with Gasteiger partial charge in [0.2, 0.25) is 5.91 Å². The molecule has 0 saturated carbocycles. The summed E-state index contributed by atoms with van der Waals surface area (Å²) < 4.78 is 5.22. The number of anilines is 1. The summed E-state index contributed by atoms with van der Waals surface area (Å²) in [7, 11) is 0. The van der Waals surface area contributed by atoms with Gasteiger partial charge >= 0.3 is 5.97 Å². The number of hydrogen-bond acceptors (Lipinski definition) is 4. The Morgan fingerprint density at radius 1 is 1.15 bits per heavy atom. The summed E-state index contributed by atoms with van der Waals surface area (Å²) in [6.45, 7) is 3.58. The van der Waals surface area contributed by atoms with Gasteiger partial charge in [0.15, 0.2) is 6.10 Å². The van der Waals surface area contributed by atoms with E-state index >= 15 is 0 Å². The second-order valence-corrected chi connectivity index (χ2v) is 6.84. The minimum atomic E-state index is -0.823. The van der Waals surface area contributed by atoms with Crippen molar-refractivity contribution in [1.29, 1.82) is 0 Å². The van der Waals surface area contributed by atoms with Crippen LogP contribution in [0.2, 0.25) is 0 Å². The van der Waals surface area contributed by atoms with E-state index in [-0.39, 0.29) is 18.2 Å². The fraction of sp³-hybridized carbons (Fsp3) is 0.476. The number of hydrogen-bond donors (Lipinski definition) is 2. The third-order valence-corrected chi connectivity index (χ3v) is 4.43. The molecule has 6 heteroatoms. The average molecular weight is 372 g/mol. The van der Waals surface area contributed by atoms with Crippen LogP contribution in [0.5, 0.6) is 0 Å². The van der Waals surface area contributed by atoms with Gasteiger partial charge in [-0.05, 0) is 56.7 Å². The number of benzene rings is 1. The molecular weight excluding hydrogens is 344 g/mol. The Hall–Kier alpha value is -2.63. The van der Waals surface area contributed by atoms with Crippen LogP contribution >= 0.6 is 0 Å². The van der Waals surface area contributed by atoms with E-state index in [1.54, 1.807) is 31.2 Å². The van der Waals surface area contributed by atoms with E-state index in [1.165, 1.54) is 25.3 Å². The molecule has 2 amide bonds. The number of esters is 1. The Kier molecular flexibility index (Phi) is 8.04. The van der Waals surface area contributed by atoms with Gasteiger partial charge in [0.05, 0.1) is 6.42 Å². The van der Waals surface area contributed by atoms with Crippen molar-refractivity contribution in [3.8, 4) is 0 Å². The lowest BCUT2D eigenvalue weighted by atomic mass is 9.97. The number of carbonyl (C=O) groups excluding carboxylic acids is 3. The van der Waals surface area contributed by atoms with Crippen molar-refractivity contribution >= 4 is 23.5 Å². The molecule has 27 heavy (non-hydrogen) atoms. The maximum atomic E-state index is 12.1. The minimum absolute atomic E-state index is 0.0743. The van der Waals surface area contributed by atoms with Crippen molar-refractivity contribution in [2.75, 3.05) is 11.9 Å². The summed E-state index contributed by atoms with van der Waals surface area (Å²) in [4.78, 5) is 35.1. The lowest BCUT2D eigenvalue weighted by molar-refractivity contribution is -0.154. The second kappa shape index (κ2) is 10.5. The zero-order valence-electron chi connectivity index (χ0n) is 16.0. The highest BCUT2D eigenvalue weighted by Crippen LogP contribution is 2.19. The van der Waals surface area contributed by atoms with Crippen LogP contribution in [0.1, 0.15) is 51.5 Å². The van der Waals surface area contributed by atoms with Gasteiger partial charge in [-0.1, -0.05) is 23.8 Å². The standard InChI is InChI=1S/C21H28N2O4/c1-15(21(26)22-13-12-17-6-4-3-5-7-17)27-20(25)14-18-8-10-19(11-9-18)23-16(2)24/h6,8-11,15H,3-5,7,12-14H2,1-2H3,(H,22,26)(H,23,24)/t15-/m1/s1. The normalized spacial score (nSPS) is 14.7. The van der Waals surface area contributed by atoms with Crippen LogP contribution in [-0.4, -0.2) is 30.4 Å². The van der Waals surface area contributed by atoms with Crippen LogP contribution in [0.25, 0.3) is 0 Å². The molecule has 0 bridgehead atoms. The quantitative estimate of drug-likeness (QED) is 0.542. The Morgan fingerprint density at radius 2 is 1.89 bits per heavy atom. The molecule has 146 valence electrons. The molecule has 1 aromatic rings. The van der Waals surface area contributed by atoms with Crippen LogP contribution in [0.15, 0.2) is 35.9 Å².